The van der Waals surface area contributed by atoms with Gasteiger partial charge in [-0.25, -0.2) is 0 Å². The molecule has 0 saturated carbocycles. The van der Waals surface area contributed by atoms with Crippen LogP contribution >= 0.6 is 0 Å². The topological polar surface area (TPSA) is 89.8 Å². The van der Waals surface area contributed by atoms with E-state index in [1.165, 1.54) is 212 Å². The molecule has 4 N–H and O–H groups in total. The van der Waals surface area contributed by atoms with Crippen LogP contribution in [0.4, 0.5) is 0 Å². The molecule has 1 amide bonds. The lowest BCUT2D eigenvalue weighted by atomic mass is 10.0. The maximum absolute atomic E-state index is 12.5. The van der Waals surface area contributed by atoms with Gasteiger partial charge in [0.15, 0.2) is 0 Å². The molecule has 0 aromatic heterocycles. The molecule has 358 valence electrons. The van der Waals surface area contributed by atoms with Gasteiger partial charge in [-0.1, -0.05) is 255 Å². The predicted octanol–water partition coefficient (Wildman–Crippen LogP) is 16.4. The van der Waals surface area contributed by atoms with Gasteiger partial charge < -0.3 is 20.6 Å². The third-order valence-corrected chi connectivity index (χ3v) is 12.4. The summed E-state index contributed by atoms with van der Waals surface area (Å²) in [6, 6.07) is -0.825. The summed E-state index contributed by atoms with van der Waals surface area (Å²) in [4.78, 5) is 12.5. The standard InChI is InChI=1S/C56H105NO4/c1-3-5-7-9-11-13-15-17-19-21-23-25-27-29-30-32-34-36-38-40-42-44-46-48-50-54(59)53(52-58)57-56(61)55(60)51-49-47-45-43-41-39-37-35-33-31-28-26-24-22-20-18-16-14-12-10-8-6-4-2/h31-34,40,42,48,50,53-55,58-60H,3-30,35-39,41,43-47,49,51-52H2,1-2H3,(H,57,61)/b33-31-,34-32+,42-40+,50-48+. The summed E-state index contributed by atoms with van der Waals surface area (Å²) in [5.74, 6) is -0.519. The molecule has 0 aromatic rings. The minimum absolute atomic E-state index is 0.383. The van der Waals surface area contributed by atoms with Crippen molar-refractivity contribution < 1.29 is 20.1 Å². The fourth-order valence-electron chi connectivity index (χ4n) is 8.15. The van der Waals surface area contributed by atoms with Crippen molar-refractivity contribution in [2.24, 2.45) is 0 Å². The van der Waals surface area contributed by atoms with Crippen LogP contribution in [-0.4, -0.2) is 46.1 Å². The van der Waals surface area contributed by atoms with Crippen LogP contribution in [-0.2, 0) is 4.79 Å². The minimum Gasteiger partial charge on any atom is -0.394 e. The Kier molecular flexibility index (Phi) is 49.5. The minimum atomic E-state index is -1.11. The van der Waals surface area contributed by atoms with E-state index in [9.17, 15) is 20.1 Å². The lowest BCUT2D eigenvalue weighted by Crippen LogP contribution is -2.48. The number of aliphatic hydroxyl groups excluding tert-OH is 3. The zero-order chi connectivity index (χ0) is 44.4. The zero-order valence-corrected chi connectivity index (χ0v) is 40.8. The highest BCUT2D eigenvalue weighted by molar-refractivity contribution is 5.80. The lowest BCUT2D eigenvalue weighted by Gasteiger charge is -2.21. The van der Waals surface area contributed by atoms with E-state index in [1.807, 2.05) is 6.08 Å². The molecule has 0 fully saturated rings. The van der Waals surface area contributed by atoms with E-state index < -0.39 is 24.2 Å². The van der Waals surface area contributed by atoms with Gasteiger partial charge in [0.25, 0.3) is 0 Å². The summed E-state index contributed by atoms with van der Waals surface area (Å²) in [6.45, 7) is 4.19. The molecule has 0 rings (SSSR count). The maximum atomic E-state index is 12.5. The van der Waals surface area contributed by atoms with Gasteiger partial charge in [-0.15, -0.1) is 0 Å². The molecule has 0 heterocycles. The normalized spacial score (nSPS) is 13.7. The average molecular weight is 856 g/mol. The highest BCUT2D eigenvalue weighted by Gasteiger charge is 2.22. The number of nitrogens with one attached hydrogen (secondary N) is 1. The predicted molar refractivity (Wildman–Crippen MR) is 268 cm³/mol. The molecule has 0 spiro atoms. The SMILES string of the molecule is CCCCCCCCCCCCCC/C=C\CCCCCCCCCC(O)C(=O)NC(CO)C(O)/C=C/CC/C=C/CC/C=C/CCCCCCCCCCCCCCCC. The monoisotopic (exact) mass is 856 g/mol. The third-order valence-electron chi connectivity index (χ3n) is 12.4. The summed E-state index contributed by atoms with van der Waals surface area (Å²) in [6.07, 6.45) is 67.5. The molecule has 0 aliphatic carbocycles. The Balaban J connectivity index is 3.67. The number of unbranched alkanes of at least 4 members (excludes halogenated alkanes) is 35. The Morgan fingerprint density at radius 3 is 1.00 bits per heavy atom. The highest BCUT2D eigenvalue weighted by atomic mass is 16.3. The Labute approximate surface area is 380 Å². The van der Waals surface area contributed by atoms with Crippen molar-refractivity contribution >= 4 is 5.91 Å². The summed E-state index contributed by atoms with van der Waals surface area (Å²) in [5.41, 5.74) is 0. The molecule has 3 unspecified atom stereocenters. The molecule has 0 radical (unpaired) electrons. The first kappa shape index (κ1) is 59.3. The number of carbonyl (C=O) groups is 1. The van der Waals surface area contributed by atoms with Crippen molar-refractivity contribution in [1.29, 1.82) is 0 Å². The fourth-order valence-corrected chi connectivity index (χ4v) is 8.15. The average Bonchev–Trinajstić information content (AvgIpc) is 3.26. The first-order valence-electron chi connectivity index (χ1n) is 27.0. The molecule has 0 aliphatic rings. The van der Waals surface area contributed by atoms with Crippen molar-refractivity contribution in [3.8, 4) is 0 Å². The Morgan fingerprint density at radius 2 is 0.672 bits per heavy atom. The summed E-state index contributed by atoms with van der Waals surface area (Å²) in [5, 5.41) is 33.3. The van der Waals surface area contributed by atoms with Gasteiger partial charge in [-0.2, -0.15) is 0 Å². The van der Waals surface area contributed by atoms with Gasteiger partial charge in [-0.05, 0) is 70.6 Å². The molecule has 0 bridgehead atoms. The molecule has 0 saturated heterocycles. The summed E-state index contributed by atoms with van der Waals surface area (Å²) >= 11 is 0. The van der Waals surface area contributed by atoms with Crippen LogP contribution in [0.15, 0.2) is 48.6 Å². The second-order valence-corrected chi connectivity index (χ2v) is 18.4. The number of allylic oxidation sites excluding steroid dienone is 7. The van der Waals surface area contributed by atoms with Crippen molar-refractivity contribution in [3.63, 3.8) is 0 Å². The Morgan fingerprint density at radius 1 is 0.393 bits per heavy atom. The molecule has 5 heteroatoms. The van der Waals surface area contributed by atoms with Gasteiger partial charge in [0, 0.05) is 0 Å². The number of hydrogen-bond acceptors (Lipinski definition) is 4. The van der Waals surface area contributed by atoms with E-state index in [0.717, 1.165) is 44.9 Å². The molecule has 3 atom stereocenters. The van der Waals surface area contributed by atoms with Gasteiger partial charge in [0.2, 0.25) is 5.91 Å². The van der Waals surface area contributed by atoms with E-state index in [-0.39, 0.29) is 6.61 Å². The summed E-state index contributed by atoms with van der Waals surface area (Å²) in [7, 11) is 0. The Hall–Kier alpha value is -1.69. The number of carbonyl (C=O) groups excluding carboxylic acids is 1. The maximum Gasteiger partial charge on any atom is 0.249 e. The number of amides is 1. The molecule has 0 aliphatic heterocycles. The van der Waals surface area contributed by atoms with Crippen LogP contribution in [0.5, 0.6) is 0 Å². The zero-order valence-electron chi connectivity index (χ0n) is 40.8. The van der Waals surface area contributed by atoms with E-state index in [1.54, 1.807) is 6.08 Å². The molecule has 61 heavy (non-hydrogen) atoms. The van der Waals surface area contributed by atoms with Crippen LogP contribution < -0.4 is 5.32 Å². The highest BCUT2D eigenvalue weighted by Crippen LogP contribution is 2.16. The second-order valence-electron chi connectivity index (χ2n) is 18.4. The first-order valence-corrected chi connectivity index (χ1v) is 27.0. The van der Waals surface area contributed by atoms with Crippen LogP contribution in [0.3, 0.4) is 0 Å². The van der Waals surface area contributed by atoms with Crippen LogP contribution in [0.25, 0.3) is 0 Å². The van der Waals surface area contributed by atoms with Gasteiger partial charge in [-0.3, -0.25) is 4.79 Å². The van der Waals surface area contributed by atoms with E-state index in [4.69, 9.17) is 0 Å². The first-order chi connectivity index (χ1) is 30.1. The molecular formula is C56H105NO4. The number of hydrogen-bond donors (Lipinski definition) is 4. The third kappa shape index (κ3) is 46.1. The second kappa shape index (κ2) is 50.9. The van der Waals surface area contributed by atoms with E-state index >= 15 is 0 Å². The van der Waals surface area contributed by atoms with Crippen molar-refractivity contribution in [2.45, 2.75) is 295 Å². The quantitative estimate of drug-likeness (QED) is 0.0362. The van der Waals surface area contributed by atoms with Gasteiger partial charge in [0.05, 0.1) is 18.8 Å². The summed E-state index contributed by atoms with van der Waals surface area (Å²) < 4.78 is 0. The van der Waals surface area contributed by atoms with Crippen LogP contribution in [0.1, 0.15) is 277 Å². The van der Waals surface area contributed by atoms with Gasteiger partial charge >= 0.3 is 0 Å². The Bertz CT molecular complexity index is 989. The molecular weight excluding hydrogens is 751 g/mol. The number of aliphatic hydroxyl groups is 3. The fraction of sp³-hybridized carbons (Fsp3) is 0.839. The molecule has 5 nitrogen and oxygen atoms in total. The lowest BCUT2D eigenvalue weighted by molar-refractivity contribution is -0.131. The van der Waals surface area contributed by atoms with Gasteiger partial charge in [0.1, 0.15) is 6.10 Å². The van der Waals surface area contributed by atoms with E-state index in [2.05, 4.69) is 55.6 Å². The van der Waals surface area contributed by atoms with Crippen molar-refractivity contribution in [1.82, 2.24) is 5.32 Å². The van der Waals surface area contributed by atoms with Crippen LogP contribution in [0, 0.1) is 0 Å². The molecule has 0 aromatic carbocycles. The number of rotatable bonds is 49. The van der Waals surface area contributed by atoms with Crippen molar-refractivity contribution in [3.05, 3.63) is 48.6 Å². The smallest absolute Gasteiger partial charge is 0.249 e. The largest absolute Gasteiger partial charge is 0.394 e. The van der Waals surface area contributed by atoms with E-state index in [0.29, 0.717) is 6.42 Å². The van der Waals surface area contributed by atoms with Crippen LogP contribution in [0.2, 0.25) is 0 Å². The van der Waals surface area contributed by atoms with Crippen molar-refractivity contribution in [2.75, 3.05) is 6.61 Å².